The highest BCUT2D eigenvalue weighted by Gasteiger charge is 2.13. The van der Waals surface area contributed by atoms with Crippen molar-refractivity contribution in [3.05, 3.63) is 35.4 Å². The van der Waals surface area contributed by atoms with Crippen LogP contribution in [-0.2, 0) is 10.9 Å². The Balaban J connectivity index is 2.35. The van der Waals surface area contributed by atoms with Gasteiger partial charge in [-0.05, 0) is 30.4 Å². The van der Waals surface area contributed by atoms with Crippen molar-refractivity contribution >= 4 is 28.5 Å². The molecule has 1 saturated carbocycles. The monoisotopic (exact) mass is 321 g/mol. The van der Waals surface area contributed by atoms with Crippen LogP contribution in [0.3, 0.4) is 0 Å². The third-order valence-corrected chi connectivity index (χ3v) is 4.39. The second kappa shape index (κ2) is 7.98. The van der Waals surface area contributed by atoms with Crippen LogP contribution in [0.4, 0.5) is 5.69 Å². The summed E-state index contributed by atoms with van der Waals surface area (Å²) in [7, 11) is -1.13. The molecule has 120 valence electrons. The summed E-state index contributed by atoms with van der Waals surface area (Å²) in [6.45, 7) is 0. The Morgan fingerprint density at radius 3 is 2.68 bits per heavy atom. The van der Waals surface area contributed by atoms with E-state index in [0.717, 1.165) is 11.3 Å². The van der Waals surface area contributed by atoms with Gasteiger partial charge in [-0.25, -0.2) is 8.42 Å². The van der Waals surface area contributed by atoms with Gasteiger partial charge in [0.1, 0.15) is 5.84 Å². The van der Waals surface area contributed by atoms with Gasteiger partial charge >= 0.3 is 0 Å². The molecule has 0 saturated heterocycles. The molecule has 6 heteroatoms. The molecule has 22 heavy (non-hydrogen) atoms. The minimum absolute atomic E-state index is 0.0179. The number of rotatable bonds is 5. The zero-order valence-electron chi connectivity index (χ0n) is 12.8. The molecule has 2 rings (SSSR count). The number of thiol groups is 1. The first kappa shape index (κ1) is 16.5. The van der Waals surface area contributed by atoms with Crippen LogP contribution >= 0.6 is 0 Å². The van der Waals surface area contributed by atoms with Crippen LogP contribution in [0, 0.1) is 5.92 Å². The van der Waals surface area contributed by atoms with Gasteiger partial charge in [-0.2, -0.15) is 0 Å². The smallest absolute Gasteiger partial charge is 0.245 e. The number of allylic oxidation sites excluding steroid dienone is 1. The molecule has 1 aromatic rings. The molecule has 0 aromatic heterocycles. The van der Waals surface area contributed by atoms with Crippen LogP contribution in [0.15, 0.2) is 28.7 Å². The Hall–Kier alpha value is -1.82. The standard InChI is InChI=1S/C16H23N3O2S/c1-18-14-9-5-8-13(15(14)16(17)19-22(20)21)11-10-12-6-3-2-4-7-12/h5,8-12,18,22H,2-4,6-7H2,1H3,(H2,17,19,20,21)/b11-10+. The quantitative estimate of drug-likeness (QED) is 0.442. The molecule has 1 aliphatic rings. The summed E-state index contributed by atoms with van der Waals surface area (Å²) in [5.41, 5.74) is 8.16. The minimum Gasteiger partial charge on any atom is -0.388 e. The third kappa shape index (κ3) is 4.34. The van der Waals surface area contributed by atoms with E-state index in [2.05, 4.69) is 15.8 Å². The lowest BCUT2D eigenvalue weighted by Crippen LogP contribution is -2.17. The largest absolute Gasteiger partial charge is 0.388 e. The molecular formula is C16H23N3O2S. The summed E-state index contributed by atoms with van der Waals surface area (Å²) in [5.74, 6) is 0.610. The van der Waals surface area contributed by atoms with Crippen molar-refractivity contribution in [3.63, 3.8) is 0 Å². The topological polar surface area (TPSA) is 84.5 Å². The number of nitrogens with zero attached hydrogens (tertiary/aromatic N) is 1. The molecule has 0 aliphatic heterocycles. The minimum atomic E-state index is -2.90. The third-order valence-electron chi connectivity index (χ3n) is 4.01. The van der Waals surface area contributed by atoms with Gasteiger partial charge in [0.25, 0.3) is 0 Å². The highest BCUT2D eigenvalue weighted by atomic mass is 32.2. The molecular weight excluding hydrogens is 298 g/mol. The predicted molar refractivity (Wildman–Crippen MR) is 92.6 cm³/mol. The fraction of sp³-hybridized carbons (Fsp3) is 0.438. The van der Waals surface area contributed by atoms with E-state index in [1.54, 1.807) is 7.05 Å². The Bertz CT molecular complexity index is 637. The molecule has 0 atom stereocenters. The van der Waals surface area contributed by atoms with Crippen molar-refractivity contribution in [3.8, 4) is 0 Å². The highest BCUT2D eigenvalue weighted by Crippen LogP contribution is 2.27. The lowest BCUT2D eigenvalue weighted by molar-refractivity contribution is 0.420. The van der Waals surface area contributed by atoms with Crippen LogP contribution in [0.2, 0.25) is 0 Å². The average molecular weight is 321 g/mol. The maximum Gasteiger partial charge on any atom is 0.245 e. The second-order valence-corrected chi connectivity index (χ2v) is 6.18. The summed E-state index contributed by atoms with van der Waals surface area (Å²) in [6.07, 6.45) is 10.5. The number of anilines is 1. The highest BCUT2D eigenvalue weighted by molar-refractivity contribution is 7.71. The summed E-state index contributed by atoms with van der Waals surface area (Å²) in [4.78, 5) is 0. The summed E-state index contributed by atoms with van der Waals surface area (Å²) >= 11 is 0. The van der Waals surface area contributed by atoms with E-state index < -0.39 is 10.9 Å². The average Bonchev–Trinajstić information content (AvgIpc) is 2.52. The van der Waals surface area contributed by atoms with E-state index in [1.165, 1.54) is 32.1 Å². The van der Waals surface area contributed by atoms with Gasteiger partial charge in [-0.3, -0.25) is 0 Å². The van der Waals surface area contributed by atoms with E-state index in [0.29, 0.717) is 11.5 Å². The molecule has 5 nitrogen and oxygen atoms in total. The first-order chi connectivity index (χ1) is 10.6. The van der Waals surface area contributed by atoms with Gasteiger partial charge in [0.05, 0.1) is 0 Å². The Morgan fingerprint density at radius 2 is 2.05 bits per heavy atom. The second-order valence-electron chi connectivity index (χ2n) is 5.50. The fourth-order valence-electron chi connectivity index (χ4n) is 2.91. The Morgan fingerprint density at radius 1 is 1.32 bits per heavy atom. The van der Waals surface area contributed by atoms with Crippen LogP contribution in [0.25, 0.3) is 6.08 Å². The summed E-state index contributed by atoms with van der Waals surface area (Å²) < 4.78 is 25.1. The normalized spacial score (nSPS) is 17.3. The van der Waals surface area contributed by atoms with Crippen LogP contribution in [-0.4, -0.2) is 21.3 Å². The van der Waals surface area contributed by atoms with E-state index in [4.69, 9.17) is 5.73 Å². The van der Waals surface area contributed by atoms with E-state index in [-0.39, 0.29) is 5.84 Å². The lowest BCUT2D eigenvalue weighted by atomic mass is 9.88. The van der Waals surface area contributed by atoms with Gasteiger partial charge in [-0.15, -0.1) is 4.40 Å². The molecule has 3 N–H and O–H groups in total. The number of benzene rings is 1. The Kier molecular flexibility index (Phi) is 6.00. The summed E-state index contributed by atoms with van der Waals surface area (Å²) in [6, 6.07) is 5.70. The molecule has 0 bridgehead atoms. The molecule has 0 spiro atoms. The van der Waals surface area contributed by atoms with Crippen molar-refractivity contribution in [2.45, 2.75) is 32.1 Å². The van der Waals surface area contributed by atoms with E-state index >= 15 is 0 Å². The Labute approximate surface area is 133 Å². The maximum absolute atomic E-state index is 10.8. The van der Waals surface area contributed by atoms with Crippen molar-refractivity contribution in [1.29, 1.82) is 0 Å². The SMILES string of the molecule is CNc1cccc(/C=C/C2CCCCC2)c1/C(N)=N\[SH](=O)=O. The van der Waals surface area contributed by atoms with Crippen molar-refractivity contribution in [1.82, 2.24) is 0 Å². The molecule has 0 heterocycles. The van der Waals surface area contributed by atoms with Crippen LogP contribution in [0.1, 0.15) is 43.2 Å². The molecule has 1 aromatic carbocycles. The number of hydrogen-bond donors (Lipinski definition) is 3. The zero-order valence-corrected chi connectivity index (χ0v) is 13.7. The number of hydrogen-bond acceptors (Lipinski definition) is 3. The van der Waals surface area contributed by atoms with E-state index in [1.807, 2.05) is 24.3 Å². The first-order valence-corrected chi connectivity index (χ1v) is 8.72. The van der Waals surface area contributed by atoms with Gasteiger partial charge < -0.3 is 11.1 Å². The number of nitrogens with one attached hydrogen (secondary N) is 1. The number of amidine groups is 1. The van der Waals surface area contributed by atoms with Gasteiger partial charge in [0.2, 0.25) is 10.9 Å². The van der Waals surface area contributed by atoms with Gasteiger partial charge in [0.15, 0.2) is 0 Å². The van der Waals surface area contributed by atoms with Gasteiger partial charge in [0, 0.05) is 18.3 Å². The number of nitrogens with two attached hydrogens (primary N) is 1. The lowest BCUT2D eigenvalue weighted by Gasteiger charge is -2.18. The van der Waals surface area contributed by atoms with Crippen molar-refractivity contribution in [2.24, 2.45) is 16.0 Å². The molecule has 0 radical (unpaired) electrons. The van der Waals surface area contributed by atoms with Crippen LogP contribution < -0.4 is 11.1 Å². The maximum atomic E-state index is 10.8. The van der Waals surface area contributed by atoms with E-state index in [9.17, 15) is 8.42 Å². The molecule has 0 unspecified atom stereocenters. The van der Waals surface area contributed by atoms with Gasteiger partial charge in [-0.1, -0.05) is 43.5 Å². The molecule has 0 amide bonds. The summed E-state index contributed by atoms with van der Waals surface area (Å²) in [5, 5.41) is 3.04. The predicted octanol–water partition coefficient (Wildman–Crippen LogP) is 2.55. The molecule has 1 fully saturated rings. The fourth-order valence-corrected chi connectivity index (χ4v) is 3.18. The van der Waals surface area contributed by atoms with Crippen LogP contribution in [0.5, 0.6) is 0 Å². The van der Waals surface area contributed by atoms with Crippen molar-refractivity contribution in [2.75, 3.05) is 12.4 Å². The first-order valence-electron chi connectivity index (χ1n) is 7.59. The van der Waals surface area contributed by atoms with Crippen molar-refractivity contribution < 1.29 is 8.42 Å². The molecule has 1 aliphatic carbocycles. The zero-order chi connectivity index (χ0) is 15.9.